The Morgan fingerprint density at radius 2 is 1.26 bits per heavy atom. The van der Waals surface area contributed by atoms with E-state index in [1.165, 1.54) is 25.7 Å². The van der Waals surface area contributed by atoms with E-state index in [-0.39, 0.29) is 25.2 Å². The van der Waals surface area contributed by atoms with Gasteiger partial charge in [0.15, 0.2) is 6.10 Å². The van der Waals surface area contributed by atoms with Crippen LogP contribution in [-0.2, 0) is 19.1 Å². The maximum absolute atomic E-state index is 11.9. The zero-order chi connectivity index (χ0) is 25.1. The highest BCUT2D eigenvalue weighted by atomic mass is 16.6. The molecule has 0 aromatic heterocycles. The molecule has 1 unspecified atom stereocenters. The minimum atomic E-state index is -0.781. The quantitative estimate of drug-likeness (QED) is 0.102. The molecular weight excluding hydrogens is 428 g/mol. The molecule has 0 aromatic rings. The number of allylic oxidation sites excluding steroid dienone is 8. The third-order valence-corrected chi connectivity index (χ3v) is 5.23. The SMILES string of the molecule is CC/C=C/C=C/C=C/C=C/CCCCCC(=O)OCC(CO)OC(=O)CCCCCCCCC. The van der Waals surface area contributed by atoms with Gasteiger partial charge in [0.25, 0.3) is 0 Å². The molecule has 5 heteroatoms. The Labute approximate surface area is 208 Å². The fourth-order valence-corrected chi connectivity index (χ4v) is 3.21. The van der Waals surface area contributed by atoms with Crippen molar-refractivity contribution in [3.8, 4) is 0 Å². The number of hydrogen-bond acceptors (Lipinski definition) is 5. The summed E-state index contributed by atoms with van der Waals surface area (Å²) in [5, 5.41) is 9.39. The van der Waals surface area contributed by atoms with Gasteiger partial charge in [-0.3, -0.25) is 9.59 Å². The first kappa shape index (κ1) is 31.9. The molecule has 0 fully saturated rings. The fraction of sp³-hybridized carbons (Fsp3) is 0.655. The van der Waals surface area contributed by atoms with Crippen LogP contribution in [-0.4, -0.2) is 36.4 Å². The average Bonchev–Trinajstić information content (AvgIpc) is 2.84. The summed E-state index contributed by atoms with van der Waals surface area (Å²) in [7, 11) is 0. The van der Waals surface area contributed by atoms with Gasteiger partial charge in [-0.25, -0.2) is 0 Å². The smallest absolute Gasteiger partial charge is 0.306 e. The second kappa shape index (κ2) is 25.5. The molecule has 1 atom stereocenters. The van der Waals surface area contributed by atoms with E-state index in [9.17, 15) is 14.7 Å². The summed E-state index contributed by atoms with van der Waals surface area (Å²) in [6.45, 7) is 3.87. The molecule has 0 saturated heterocycles. The monoisotopic (exact) mass is 476 g/mol. The molecule has 1 N–H and O–H groups in total. The molecule has 0 aliphatic rings. The van der Waals surface area contributed by atoms with Gasteiger partial charge < -0.3 is 14.6 Å². The summed E-state index contributed by atoms with van der Waals surface area (Å²) >= 11 is 0. The van der Waals surface area contributed by atoms with E-state index < -0.39 is 6.10 Å². The summed E-state index contributed by atoms with van der Waals surface area (Å²) in [6, 6.07) is 0. The van der Waals surface area contributed by atoms with Crippen molar-refractivity contribution in [1.29, 1.82) is 0 Å². The van der Waals surface area contributed by atoms with Crippen LogP contribution in [0.1, 0.15) is 104 Å². The minimum absolute atomic E-state index is 0.0875. The van der Waals surface area contributed by atoms with Gasteiger partial charge >= 0.3 is 11.9 Å². The molecule has 0 saturated carbocycles. The average molecular weight is 477 g/mol. The van der Waals surface area contributed by atoms with Gasteiger partial charge in [0.2, 0.25) is 0 Å². The van der Waals surface area contributed by atoms with Crippen LogP contribution >= 0.6 is 0 Å². The van der Waals surface area contributed by atoms with Gasteiger partial charge in [0.1, 0.15) is 6.61 Å². The number of carbonyl (C=O) groups is 2. The Balaban J connectivity index is 3.75. The first-order chi connectivity index (χ1) is 16.6. The molecule has 0 rings (SSSR count). The predicted octanol–water partition coefficient (Wildman–Crippen LogP) is 7.16. The normalized spacial score (nSPS) is 12.9. The largest absolute Gasteiger partial charge is 0.462 e. The molecule has 5 nitrogen and oxygen atoms in total. The zero-order valence-electron chi connectivity index (χ0n) is 21.6. The van der Waals surface area contributed by atoms with E-state index in [1.54, 1.807) is 0 Å². The van der Waals surface area contributed by atoms with Crippen LogP contribution in [0.25, 0.3) is 0 Å². The maximum atomic E-state index is 11.9. The summed E-state index contributed by atoms with van der Waals surface area (Å²) < 4.78 is 10.4. The summed E-state index contributed by atoms with van der Waals surface area (Å²) in [6.07, 6.45) is 28.9. The first-order valence-electron chi connectivity index (χ1n) is 13.2. The van der Waals surface area contributed by atoms with Crippen molar-refractivity contribution in [2.75, 3.05) is 13.2 Å². The van der Waals surface area contributed by atoms with E-state index in [0.717, 1.165) is 51.4 Å². The number of unbranched alkanes of at least 4 members (excludes halogenated alkanes) is 9. The molecule has 0 bridgehead atoms. The van der Waals surface area contributed by atoms with Crippen molar-refractivity contribution in [3.63, 3.8) is 0 Å². The highest BCUT2D eigenvalue weighted by molar-refractivity contribution is 5.70. The Bertz CT molecular complexity index is 604. The Morgan fingerprint density at radius 1 is 0.706 bits per heavy atom. The lowest BCUT2D eigenvalue weighted by atomic mass is 10.1. The van der Waals surface area contributed by atoms with Crippen LogP contribution in [0.15, 0.2) is 48.6 Å². The van der Waals surface area contributed by atoms with Crippen LogP contribution < -0.4 is 0 Å². The van der Waals surface area contributed by atoms with Crippen molar-refractivity contribution in [2.24, 2.45) is 0 Å². The van der Waals surface area contributed by atoms with Gasteiger partial charge in [-0.1, -0.05) is 107 Å². The molecule has 0 radical (unpaired) electrons. The maximum Gasteiger partial charge on any atom is 0.306 e. The van der Waals surface area contributed by atoms with Crippen molar-refractivity contribution in [2.45, 2.75) is 110 Å². The van der Waals surface area contributed by atoms with Crippen LogP contribution in [0.2, 0.25) is 0 Å². The highest BCUT2D eigenvalue weighted by Crippen LogP contribution is 2.10. The lowest BCUT2D eigenvalue weighted by molar-refractivity contribution is -0.161. The van der Waals surface area contributed by atoms with Crippen LogP contribution in [0.4, 0.5) is 0 Å². The predicted molar refractivity (Wildman–Crippen MR) is 140 cm³/mol. The molecule has 0 heterocycles. The lowest BCUT2D eigenvalue weighted by Crippen LogP contribution is -2.28. The standard InChI is InChI=1S/C29H48O5/c1-3-5-7-9-11-12-13-14-15-16-18-19-21-23-28(31)33-26-27(25-30)34-29(32)24-22-20-17-10-8-6-4-2/h5,7,9,11-15,27,30H,3-4,6,8,10,16-26H2,1-2H3/b7-5+,11-9+,13-12+,15-14+. The van der Waals surface area contributed by atoms with Crippen molar-refractivity contribution in [3.05, 3.63) is 48.6 Å². The summed E-state index contributed by atoms with van der Waals surface area (Å²) in [4.78, 5) is 23.8. The molecule has 0 aliphatic heterocycles. The van der Waals surface area contributed by atoms with Crippen molar-refractivity contribution in [1.82, 2.24) is 0 Å². The lowest BCUT2D eigenvalue weighted by Gasteiger charge is -2.15. The number of aliphatic hydroxyl groups excluding tert-OH is 1. The van der Waals surface area contributed by atoms with E-state index in [4.69, 9.17) is 9.47 Å². The van der Waals surface area contributed by atoms with Gasteiger partial charge in [-0.15, -0.1) is 0 Å². The third kappa shape index (κ3) is 23.0. The number of ether oxygens (including phenoxy) is 2. The van der Waals surface area contributed by atoms with Gasteiger partial charge in [0, 0.05) is 12.8 Å². The Kier molecular flexibility index (Phi) is 23.9. The highest BCUT2D eigenvalue weighted by Gasteiger charge is 2.15. The number of esters is 2. The van der Waals surface area contributed by atoms with Crippen LogP contribution in [0, 0.1) is 0 Å². The Hall–Kier alpha value is -2.14. The summed E-state index contributed by atoms with van der Waals surface area (Å²) in [5.74, 6) is -0.653. The van der Waals surface area contributed by atoms with Crippen molar-refractivity contribution < 1.29 is 24.2 Å². The second-order valence-corrected chi connectivity index (χ2v) is 8.48. The molecule has 0 amide bonds. The molecule has 0 spiro atoms. The third-order valence-electron chi connectivity index (χ3n) is 5.23. The fourth-order valence-electron chi connectivity index (χ4n) is 3.21. The van der Waals surface area contributed by atoms with E-state index in [0.29, 0.717) is 12.8 Å². The second-order valence-electron chi connectivity index (χ2n) is 8.48. The number of carbonyl (C=O) groups excluding carboxylic acids is 2. The van der Waals surface area contributed by atoms with E-state index >= 15 is 0 Å². The molecule has 34 heavy (non-hydrogen) atoms. The molecule has 0 aliphatic carbocycles. The van der Waals surface area contributed by atoms with Crippen LogP contribution in [0.5, 0.6) is 0 Å². The van der Waals surface area contributed by atoms with Gasteiger partial charge in [0.05, 0.1) is 6.61 Å². The number of aliphatic hydroxyl groups is 1. The minimum Gasteiger partial charge on any atom is -0.462 e. The number of hydrogen-bond donors (Lipinski definition) is 1. The number of rotatable bonds is 22. The molecule has 0 aromatic carbocycles. The molecule has 194 valence electrons. The van der Waals surface area contributed by atoms with Crippen molar-refractivity contribution >= 4 is 11.9 Å². The van der Waals surface area contributed by atoms with Crippen LogP contribution in [0.3, 0.4) is 0 Å². The first-order valence-corrected chi connectivity index (χ1v) is 13.2. The van der Waals surface area contributed by atoms with Gasteiger partial charge in [-0.05, 0) is 32.1 Å². The Morgan fingerprint density at radius 3 is 1.91 bits per heavy atom. The van der Waals surface area contributed by atoms with Gasteiger partial charge in [-0.2, -0.15) is 0 Å². The zero-order valence-corrected chi connectivity index (χ0v) is 21.6. The summed E-state index contributed by atoms with van der Waals surface area (Å²) in [5.41, 5.74) is 0. The van der Waals surface area contributed by atoms with E-state index in [1.807, 2.05) is 36.5 Å². The van der Waals surface area contributed by atoms with E-state index in [2.05, 4.69) is 26.0 Å². The molecular formula is C29H48O5. The topological polar surface area (TPSA) is 72.8 Å².